The fourth-order valence-corrected chi connectivity index (χ4v) is 2.93. The van der Waals surface area contributed by atoms with Crippen LogP contribution in [-0.4, -0.2) is 42.8 Å². The van der Waals surface area contributed by atoms with Gasteiger partial charge in [0, 0.05) is 24.2 Å². The van der Waals surface area contributed by atoms with E-state index < -0.39 is 0 Å². The second-order valence-corrected chi connectivity index (χ2v) is 5.72. The summed E-state index contributed by atoms with van der Waals surface area (Å²) in [6.07, 6.45) is 2.64. The number of likely N-dealkylation sites (tertiary alicyclic amines) is 1. The molecule has 4 nitrogen and oxygen atoms in total. The Morgan fingerprint density at radius 1 is 1.30 bits per heavy atom. The fourth-order valence-electron chi connectivity index (χ4n) is 2.93. The lowest BCUT2D eigenvalue weighted by molar-refractivity contribution is 0.288. The van der Waals surface area contributed by atoms with Gasteiger partial charge in [0.2, 0.25) is 0 Å². The largest absolute Gasteiger partial charge is 0.508 e. The van der Waals surface area contributed by atoms with E-state index in [0.717, 1.165) is 17.9 Å². The summed E-state index contributed by atoms with van der Waals surface area (Å²) in [6.45, 7) is 7.77. The van der Waals surface area contributed by atoms with E-state index in [2.05, 4.69) is 24.1 Å². The summed E-state index contributed by atoms with van der Waals surface area (Å²) in [5, 5.41) is 13.5. The number of aromatic hydroxyl groups is 1. The summed E-state index contributed by atoms with van der Waals surface area (Å²) in [4.78, 5) is 2.50. The normalized spacial score (nSPS) is 18.9. The van der Waals surface area contributed by atoms with E-state index in [1.165, 1.54) is 25.9 Å². The number of methoxy groups -OCH3 is 1. The molecule has 0 aromatic heterocycles. The molecule has 0 radical (unpaired) electrons. The highest BCUT2D eigenvalue weighted by Gasteiger charge is 2.18. The van der Waals surface area contributed by atoms with E-state index in [-0.39, 0.29) is 6.04 Å². The first-order valence-corrected chi connectivity index (χ1v) is 7.45. The zero-order valence-corrected chi connectivity index (χ0v) is 12.7. The van der Waals surface area contributed by atoms with Gasteiger partial charge in [0.25, 0.3) is 0 Å². The van der Waals surface area contributed by atoms with E-state index in [1.54, 1.807) is 19.2 Å². The van der Waals surface area contributed by atoms with Crippen molar-refractivity contribution in [1.29, 1.82) is 0 Å². The molecule has 1 saturated heterocycles. The van der Waals surface area contributed by atoms with Gasteiger partial charge in [-0.25, -0.2) is 0 Å². The molecule has 0 amide bonds. The summed E-state index contributed by atoms with van der Waals surface area (Å²) in [7, 11) is 1.64. The Morgan fingerprint density at radius 3 is 2.65 bits per heavy atom. The third-order valence-corrected chi connectivity index (χ3v) is 3.97. The Morgan fingerprint density at radius 2 is 2.00 bits per heavy atom. The lowest BCUT2D eigenvalue weighted by atomic mass is 10.1. The molecule has 1 aliphatic rings. The second-order valence-electron chi connectivity index (χ2n) is 5.72. The van der Waals surface area contributed by atoms with Gasteiger partial charge in [-0.05, 0) is 58.0 Å². The van der Waals surface area contributed by atoms with Gasteiger partial charge >= 0.3 is 0 Å². The molecule has 2 rings (SSSR count). The number of nitrogens with zero attached hydrogens (tertiary/aromatic N) is 1. The molecule has 0 saturated carbocycles. The summed E-state index contributed by atoms with van der Waals surface area (Å²) in [6, 6.07) is 5.86. The van der Waals surface area contributed by atoms with Gasteiger partial charge < -0.3 is 20.1 Å². The van der Waals surface area contributed by atoms with Gasteiger partial charge in [-0.1, -0.05) is 0 Å². The molecule has 4 heteroatoms. The predicted molar refractivity (Wildman–Crippen MR) is 81.3 cm³/mol. The number of benzene rings is 1. The number of rotatable bonds is 6. The van der Waals surface area contributed by atoms with Crippen LogP contribution in [0.5, 0.6) is 11.5 Å². The molecule has 1 aliphatic heterocycles. The zero-order valence-electron chi connectivity index (χ0n) is 12.7. The van der Waals surface area contributed by atoms with Crippen molar-refractivity contribution in [2.24, 2.45) is 0 Å². The van der Waals surface area contributed by atoms with E-state index >= 15 is 0 Å². The molecule has 1 fully saturated rings. The maximum absolute atomic E-state index is 9.99. The number of phenols is 1. The number of phenolic OH excluding ortho intramolecular Hbond substituents is 1. The van der Waals surface area contributed by atoms with E-state index in [0.29, 0.717) is 11.8 Å². The number of hydrogen-bond acceptors (Lipinski definition) is 4. The van der Waals surface area contributed by atoms with Crippen LogP contribution >= 0.6 is 0 Å². The van der Waals surface area contributed by atoms with Crippen molar-refractivity contribution in [2.75, 3.05) is 26.7 Å². The van der Waals surface area contributed by atoms with Crippen LogP contribution in [0.4, 0.5) is 0 Å². The van der Waals surface area contributed by atoms with Gasteiger partial charge in [0.1, 0.15) is 11.5 Å². The first-order valence-electron chi connectivity index (χ1n) is 7.45. The first-order chi connectivity index (χ1) is 9.60. The number of hydrogen-bond donors (Lipinski definition) is 2. The molecule has 0 aliphatic carbocycles. The Bertz CT molecular complexity index is 430. The molecule has 1 aromatic carbocycles. The maximum atomic E-state index is 9.99. The molecule has 2 N–H and O–H groups in total. The topological polar surface area (TPSA) is 44.7 Å². The third kappa shape index (κ3) is 3.87. The lowest BCUT2D eigenvalue weighted by Crippen LogP contribution is -2.39. The van der Waals surface area contributed by atoms with Gasteiger partial charge in [0.05, 0.1) is 7.11 Å². The zero-order chi connectivity index (χ0) is 14.5. The van der Waals surface area contributed by atoms with Crippen LogP contribution in [0.15, 0.2) is 18.2 Å². The van der Waals surface area contributed by atoms with Crippen LogP contribution in [-0.2, 0) is 0 Å². The van der Waals surface area contributed by atoms with Crippen LogP contribution in [0.25, 0.3) is 0 Å². The van der Waals surface area contributed by atoms with Crippen molar-refractivity contribution in [3.63, 3.8) is 0 Å². The van der Waals surface area contributed by atoms with Crippen molar-refractivity contribution in [2.45, 2.75) is 38.8 Å². The minimum Gasteiger partial charge on any atom is -0.508 e. The van der Waals surface area contributed by atoms with Crippen molar-refractivity contribution in [3.05, 3.63) is 23.8 Å². The molecular weight excluding hydrogens is 252 g/mol. The Labute approximate surface area is 121 Å². The highest BCUT2D eigenvalue weighted by molar-refractivity contribution is 5.41. The summed E-state index contributed by atoms with van der Waals surface area (Å²) < 4.78 is 5.23. The molecule has 20 heavy (non-hydrogen) atoms. The van der Waals surface area contributed by atoms with Gasteiger partial charge in [0.15, 0.2) is 0 Å². The average molecular weight is 278 g/mol. The molecular formula is C16H26N2O2. The molecule has 0 bridgehead atoms. The van der Waals surface area contributed by atoms with Crippen LogP contribution in [0, 0.1) is 0 Å². The first kappa shape index (κ1) is 15.1. The smallest absolute Gasteiger partial charge is 0.120 e. The summed E-state index contributed by atoms with van der Waals surface area (Å²) >= 11 is 0. The number of ether oxygens (including phenoxy) is 1. The van der Waals surface area contributed by atoms with Crippen LogP contribution in [0.3, 0.4) is 0 Å². The lowest BCUT2D eigenvalue weighted by Gasteiger charge is -2.25. The Balaban J connectivity index is 1.94. The quantitative estimate of drug-likeness (QED) is 0.839. The Hall–Kier alpha value is -1.26. The highest BCUT2D eigenvalue weighted by atomic mass is 16.5. The third-order valence-electron chi connectivity index (χ3n) is 3.97. The minimum absolute atomic E-state index is 0.0997. The van der Waals surface area contributed by atoms with Crippen molar-refractivity contribution < 1.29 is 9.84 Å². The van der Waals surface area contributed by atoms with E-state index in [4.69, 9.17) is 4.74 Å². The summed E-state index contributed by atoms with van der Waals surface area (Å²) in [5.41, 5.74) is 0.887. The second kappa shape index (κ2) is 6.95. The monoisotopic (exact) mass is 278 g/mol. The van der Waals surface area contributed by atoms with Crippen molar-refractivity contribution >= 4 is 0 Å². The Kier molecular flexibility index (Phi) is 5.26. The minimum atomic E-state index is 0.0997. The molecule has 2 atom stereocenters. The molecule has 0 spiro atoms. The molecule has 1 heterocycles. The standard InChI is InChI=1S/C16H26N2O2/c1-12(11-18-8-4-5-9-18)17-13(2)15-10-14(20-3)6-7-16(15)19/h6-7,10,12-13,17,19H,4-5,8-9,11H2,1-3H3. The fraction of sp³-hybridized carbons (Fsp3) is 0.625. The van der Waals surface area contributed by atoms with Gasteiger partial charge in [-0.15, -0.1) is 0 Å². The molecule has 2 unspecified atom stereocenters. The van der Waals surface area contributed by atoms with Crippen LogP contribution in [0.1, 0.15) is 38.3 Å². The predicted octanol–water partition coefficient (Wildman–Crippen LogP) is 2.54. The van der Waals surface area contributed by atoms with E-state index in [9.17, 15) is 5.11 Å². The van der Waals surface area contributed by atoms with Gasteiger partial charge in [-0.2, -0.15) is 0 Å². The molecule has 112 valence electrons. The van der Waals surface area contributed by atoms with Gasteiger partial charge in [-0.3, -0.25) is 0 Å². The highest BCUT2D eigenvalue weighted by Crippen LogP contribution is 2.28. The maximum Gasteiger partial charge on any atom is 0.120 e. The SMILES string of the molecule is COc1ccc(O)c(C(C)NC(C)CN2CCCC2)c1. The van der Waals surface area contributed by atoms with Crippen LogP contribution < -0.4 is 10.1 Å². The summed E-state index contributed by atoms with van der Waals surface area (Å²) in [5.74, 6) is 1.10. The molecule has 1 aromatic rings. The average Bonchev–Trinajstić information content (AvgIpc) is 2.91. The van der Waals surface area contributed by atoms with Crippen molar-refractivity contribution in [3.8, 4) is 11.5 Å². The van der Waals surface area contributed by atoms with Crippen LogP contribution in [0.2, 0.25) is 0 Å². The number of nitrogens with one attached hydrogen (secondary N) is 1. The van der Waals surface area contributed by atoms with Crippen molar-refractivity contribution in [1.82, 2.24) is 10.2 Å². The van der Waals surface area contributed by atoms with E-state index in [1.807, 2.05) is 6.07 Å².